The number of imidazole rings is 1. The zero-order valence-corrected chi connectivity index (χ0v) is 13.4. The first kappa shape index (κ1) is 14.1. The lowest BCUT2D eigenvalue weighted by Gasteiger charge is -2.02. The molecule has 0 spiro atoms. The van der Waals surface area contributed by atoms with Crippen molar-refractivity contribution in [1.29, 1.82) is 0 Å². The fourth-order valence-corrected chi connectivity index (χ4v) is 3.69. The van der Waals surface area contributed by atoms with Gasteiger partial charge in [0.15, 0.2) is 0 Å². The van der Waals surface area contributed by atoms with Gasteiger partial charge in [-0.1, -0.05) is 65.9 Å². The van der Waals surface area contributed by atoms with E-state index >= 15 is 0 Å². The molecule has 0 aliphatic carbocycles. The third-order valence-electron chi connectivity index (χ3n) is 3.87. The molecule has 0 saturated carbocycles. The maximum Gasteiger partial charge on any atom is 0.213 e. The van der Waals surface area contributed by atoms with Crippen molar-refractivity contribution in [1.82, 2.24) is 14.6 Å². The Morgan fingerprint density at radius 1 is 1.04 bits per heavy atom. The quantitative estimate of drug-likeness (QED) is 0.622. The first-order chi connectivity index (χ1) is 11.3. The van der Waals surface area contributed by atoms with Crippen LogP contribution in [0, 0.1) is 6.92 Å². The summed E-state index contributed by atoms with van der Waals surface area (Å²) in [6.45, 7) is 1.98. The maximum atomic E-state index is 9.80. The molecule has 0 amide bonds. The Morgan fingerprint density at radius 3 is 2.52 bits per heavy atom. The molecule has 2 heterocycles. The Hall–Kier alpha value is -2.50. The molecule has 2 aromatic heterocycles. The minimum Gasteiger partial charge on any atom is -0.390 e. The zero-order valence-electron chi connectivity index (χ0n) is 12.6. The Bertz CT molecular complexity index is 973. The predicted octanol–water partition coefficient (Wildman–Crippen LogP) is 3.93. The third kappa shape index (κ3) is 2.34. The summed E-state index contributed by atoms with van der Waals surface area (Å²) < 4.78 is 1.76. The second-order valence-corrected chi connectivity index (χ2v) is 6.30. The highest BCUT2D eigenvalue weighted by molar-refractivity contribution is 7.19. The minimum atomic E-state index is -0.0949. The Balaban J connectivity index is 1.89. The van der Waals surface area contributed by atoms with Crippen molar-refractivity contribution in [3.05, 3.63) is 65.9 Å². The van der Waals surface area contributed by atoms with Crippen LogP contribution in [0.5, 0.6) is 0 Å². The third-order valence-corrected chi connectivity index (χ3v) is 4.81. The van der Waals surface area contributed by atoms with Gasteiger partial charge in [0.05, 0.1) is 18.0 Å². The van der Waals surface area contributed by atoms with Crippen molar-refractivity contribution in [3.63, 3.8) is 0 Å². The molecule has 1 N–H and O–H groups in total. The van der Waals surface area contributed by atoms with Crippen LogP contribution in [0.25, 0.3) is 26.8 Å². The van der Waals surface area contributed by atoms with Gasteiger partial charge in [-0.2, -0.15) is 5.10 Å². The summed E-state index contributed by atoms with van der Waals surface area (Å²) in [5, 5.41) is 15.4. The van der Waals surface area contributed by atoms with Gasteiger partial charge in [-0.15, -0.1) is 0 Å². The molecule has 2 aromatic carbocycles. The standard InChI is InChI=1S/C18H15N3OS/c1-12-7-5-6-10-14(12)17-20-21-15(11-22)16(19-18(21)23-17)13-8-3-2-4-9-13/h2-10,22H,11H2,1H3. The first-order valence-corrected chi connectivity index (χ1v) is 8.20. The number of aromatic nitrogens is 3. The average Bonchev–Trinajstić information content (AvgIpc) is 3.13. The summed E-state index contributed by atoms with van der Waals surface area (Å²) in [5.74, 6) is 0. The van der Waals surface area contributed by atoms with E-state index in [0.29, 0.717) is 0 Å². The molecule has 4 aromatic rings. The van der Waals surface area contributed by atoms with Crippen molar-refractivity contribution >= 4 is 16.3 Å². The number of rotatable bonds is 3. The van der Waals surface area contributed by atoms with Crippen molar-refractivity contribution in [2.24, 2.45) is 0 Å². The Kier molecular flexibility index (Phi) is 3.44. The molecular weight excluding hydrogens is 306 g/mol. The molecule has 23 heavy (non-hydrogen) atoms. The molecule has 0 unspecified atom stereocenters. The highest BCUT2D eigenvalue weighted by atomic mass is 32.1. The van der Waals surface area contributed by atoms with Crippen LogP contribution in [0.4, 0.5) is 0 Å². The Labute approximate surface area is 137 Å². The largest absolute Gasteiger partial charge is 0.390 e. The topological polar surface area (TPSA) is 50.4 Å². The van der Waals surface area contributed by atoms with Crippen LogP contribution in [-0.4, -0.2) is 19.7 Å². The fraction of sp³-hybridized carbons (Fsp3) is 0.111. The Morgan fingerprint density at radius 2 is 1.78 bits per heavy atom. The van der Waals surface area contributed by atoms with Crippen LogP contribution < -0.4 is 0 Å². The predicted molar refractivity (Wildman–Crippen MR) is 92.4 cm³/mol. The molecule has 5 heteroatoms. The van der Waals surface area contributed by atoms with E-state index < -0.39 is 0 Å². The summed E-state index contributed by atoms with van der Waals surface area (Å²) in [6, 6.07) is 18.0. The van der Waals surface area contributed by atoms with E-state index in [-0.39, 0.29) is 6.61 Å². The van der Waals surface area contributed by atoms with Crippen LogP contribution in [0.3, 0.4) is 0 Å². The highest BCUT2D eigenvalue weighted by Gasteiger charge is 2.18. The molecule has 0 fully saturated rings. The van der Waals surface area contributed by atoms with Crippen molar-refractivity contribution in [2.45, 2.75) is 13.5 Å². The molecule has 0 radical (unpaired) electrons. The van der Waals surface area contributed by atoms with Crippen LogP contribution in [0.2, 0.25) is 0 Å². The van der Waals surface area contributed by atoms with Crippen LogP contribution in [0.1, 0.15) is 11.3 Å². The molecular formula is C18H15N3OS. The molecule has 114 valence electrons. The van der Waals surface area contributed by atoms with Gasteiger partial charge >= 0.3 is 0 Å². The van der Waals surface area contributed by atoms with Gasteiger partial charge in [0.1, 0.15) is 5.01 Å². The smallest absolute Gasteiger partial charge is 0.213 e. The summed E-state index contributed by atoms with van der Waals surface area (Å²) in [6.07, 6.45) is 0. The normalized spacial score (nSPS) is 11.2. The lowest BCUT2D eigenvalue weighted by Crippen LogP contribution is -1.96. The average molecular weight is 321 g/mol. The van der Waals surface area contributed by atoms with Gasteiger partial charge in [-0.05, 0) is 12.5 Å². The number of aliphatic hydroxyl groups is 1. The lowest BCUT2D eigenvalue weighted by molar-refractivity contribution is 0.275. The number of aliphatic hydroxyl groups excluding tert-OH is 1. The molecule has 0 atom stereocenters. The molecule has 0 aliphatic rings. The van der Waals surface area contributed by atoms with E-state index in [4.69, 9.17) is 0 Å². The fourth-order valence-electron chi connectivity index (χ4n) is 2.68. The lowest BCUT2D eigenvalue weighted by atomic mass is 10.1. The molecule has 4 nitrogen and oxygen atoms in total. The monoisotopic (exact) mass is 321 g/mol. The van der Waals surface area contributed by atoms with Crippen molar-refractivity contribution in [2.75, 3.05) is 0 Å². The van der Waals surface area contributed by atoms with Gasteiger partial charge in [0.25, 0.3) is 0 Å². The SMILES string of the molecule is Cc1ccccc1-c1nn2c(CO)c(-c3ccccc3)nc2s1. The van der Waals surface area contributed by atoms with Gasteiger partial charge in [0.2, 0.25) is 4.96 Å². The summed E-state index contributed by atoms with van der Waals surface area (Å²) >= 11 is 1.54. The van der Waals surface area contributed by atoms with Gasteiger partial charge in [-0.3, -0.25) is 0 Å². The number of fused-ring (bicyclic) bond motifs is 1. The second kappa shape index (κ2) is 5.61. The van der Waals surface area contributed by atoms with E-state index in [1.54, 1.807) is 4.52 Å². The van der Waals surface area contributed by atoms with Crippen LogP contribution in [-0.2, 0) is 6.61 Å². The number of hydrogen-bond acceptors (Lipinski definition) is 4. The van der Waals surface area contributed by atoms with E-state index in [1.807, 2.05) is 42.5 Å². The number of hydrogen-bond donors (Lipinski definition) is 1. The van der Waals surface area contributed by atoms with E-state index in [2.05, 4.69) is 29.1 Å². The first-order valence-electron chi connectivity index (χ1n) is 7.38. The highest BCUT2D eigenvalue weighted by Crippen LogP contribution is 2.32. The van der Waals surface area contributed by atoms with Crippen LogP contribution >= 0.6 is 11.3 Å². The van der Waals surface area contributed by atoms with Gasteiger partial charge in [-0.25, -0.2) is 9.50 Å². The minimum absolute atomic E-state index is 0.0949. The molecule has 4 rings (SSSR count). The number of aryl methyl sites for hydroxylation is 1. The van der Waals surface area contributed by atoms with Gasteiger partial charge < -0.3 is 5.11 Å². The van der Waals surface area contributed by atoms with E-state index in [0.717, 1.165) is 32.5 Å². The summed E-state index contributed by atoms with van der Waals surface area (Å²) in [5.41, 5.74) is 4.80. The number of benzene rings is 2. The molecule has 0 saturated heterocycles. The van der Waals surface area contributed by atoms with Crippen molar-refractivity contribution in [3.8, 4) is 21.8 Å². The maximum absolute atomic E-state index is 9.80. The second-order valence-electron chi connectivity index (χ2n) is 5.35. The van der Waals surface area contributed by atoms with E-state index in [9.17, 15) is 5.11 Å². The molecule has 0 bridgehead atoms. The van der Waals surface area contributed by atoms with E-state index in [1.165, 1.54) is 16.9 Å². The number of nitrogens with zero attached hydrogens (tertiary/aromatic N) is 3. The summed E-state index contributed by atoms with van der Waals surface area (Å²) in [7, 11) is 0. The van der Waals surface area contributed by atoms with Gasteiger partial charge in [0, 0.05) is 11.1 Å². The molecule has 0 aliphatic heterocycles. The summed E-state index contributed by atoms with van der Waals surface area (Å²) in [4.78, 5) is 5.49. The van der Waals surface area contributed by atoms with Crippen molar-refractivity contribution < 1.29 is 5.11 Å². The zero-order chi connectivity index (χ0) is 15.8. The van der Waals surface area contributed by atoms with Crippen LogP contribution in [0.15, 0.2) is 54.6 Å².